The fourth-order valence-corrected chi connectivity index (χ4v) is 2.86. The summed E-state index contributed by atoms with van der Waals surface area (Å²) >= 11 is 0. The number of benzene rings is 2. The monoisotopic (exact) mass is 348 g/mol. The van der Waals surface area contributed by atoms with Crippen LogP contribution in [0, 0.1) is 0 Å². The number of hydrogen-bond donors (Lipinski definition) is 1. The molecule has 0 bridgehead atoms. The highest BCUT2D eigenvalue weighted by Gasteiger charge is 2.10. The van der Waals surface area contributed by atoms with Crippen LogP contribution in [0.1, 0.15) is 12.5 Å². The Bertz CT molecular complexity index is 823. The average molecular weight is 348 g/mol. The summed E-state index contributed by atoms with van der Waals surface area (Å²) in [5, 5.41) is 3.38. The van der Waals surface area contributed by atoms with E-state index in [-0.39, 0.29) is 0 Å². The normalized spacial score (nSPS) is 10.4. The van der Waals surface area contributed by atoms with E-state index >= 15 is 0 Å². The van der Waals surface area contributed by atoms with E-state index in [1.807, 2.05) is 42.5 Å². The van der Waals surface area contributed by atoms with Crippen LogP contribution in [0.15, 0.2) is 66.9 Å². The van der Waals surface area contributed by atoms with Crippen LogP contribution >= 0.6 is 0 Å². The summed E-state index contributed by atoms with van der Waals surface area (Å²) in [7, 11) is 1.70. The molecule has 0 atom stereocenters. The van der Waals surface area contributed by atoms with Crippen LogP contribution in [0.3, 0.4) is 0 Å². The predicted octanol–water partition coefficient (Wildman–Crippen LogP) is 4.30. The van der Waals surface area contributed by atoms with Crippen LogP contribution in [-0.4, -0.2) is 30.2 Å². The lowest BCUT2D eigenvalue weighted by atomic mass is 10.1. The predicted molar refractivity (Wildman–Crippen MR) is 106 cm³/mol. The van der Waals surface area contributed by atoms with E-state index in [0.29, 0.717) is 5.95 Å². The molecule has 0 amide bonds. The summed E-state index contributed by atoms with van der Waals surface area (Å²) in [6.45, 7) is 3.67. The minimum atomic E-state index is 0.695. The smallest absolute Gasteiger partial charge is 0.231 e. The molecule has 3 aromatic rings. The topological polar surface area (TPSA) is 50.3 Å². The molecule has 0 spiro atoms. The molecule has 5 heteroatoms. The number of para-hydroxylation sites is 2. The van der Waals surface area contributed by atoms with E-state index in [2.05, 4.69) is 45.3 Å². The molecule has 134 valence electrons. The lowest BCUT2D eigenvalue weighted by Crippen LogP contribution is -2.19. The van der Waals surface area contributed by atoms with Crippen LogP contribution in [0.5, 0.6) is 5.75 Å². The lowest BCUT2D eigenvalue weighted by Gasteiger charge is -2.21. The van der Waals surface area contributed by atoms with Gasteiger partial charge in [0.05, 0.1) is 7.11 Å². The summed E-state index contributed by atoms with van der Waals surface area (Å²) < 4.78 is 5.40. The van der Waals surface area contributed by atoms with Gasteiger partial charge in [0, 0.05) is 25.0 Å². The highest BCUT2D eigenvalue weighted by Crippen LogP contribution is 2.22. The van der Waals surface area contributed by atoms with Gasteiger partial charge in [0.1, 0.15) is 11.6 Å². The van der Waals surface area contributed by atoms with Gasteiger partial charge in [-0.15, -0.1) is 0 Å². The number of hydrogen-bond acceptors (Lipinski definition) is 5. The van der Waals surface area contributed by atoms with Crippen molar-refractivity contribution < 1.29 is 4.74 Å². The highest BCUT2D eigenvalue weighted by molar-refractivity contribution is 5.58. The standard InChI is InChI=1S/C21H24N4O/c1-3-25(18-10-5-4-6-11-18)21-23-16-14-20(24-21)22-15-13-17-9-7-8-12-19(17)26-2/h4-12,14,16H,3,13,15H2,1-2H3,(H,22,23,24). The van der Waals surface area contributed by atoms with Gasteiger partial charge in [-0.1, -0.05) is 36.4 Å². The molecule has 1 N–H and O–H groups in total. The van der Waals surface area contributed by atoms with Gasteiger partial charge in [-0.3, -0.25) is 0 Å². The fourth-order valence-electron chi connectivity index (χ4n) is 2.86. The Balaban J connectivity index is 1.67. The molecule has 0 unspecified atom stereocenters. The second kappa shape index (κ2) is 8.85. The zero-order chi connectivity index (χ0) is 18.2. The van der Waals surface area contributed by atoms with Crippen LogP contribution in [0.2, 0.25) is 0 Å². The van der Waals surface area contributed by atoms with Gasteiger partial charge in [0.2, 0.25) is 5.95 Å². The Hall–Kier alpha value is -3.08. The molecule has 0 aliphatic rings. The minimum absolute atomic E-state index is 0.695. The van der Waals surface area contributed by atoms with E-state index in [9.17, 15) is 0 Å². The summed E-state index contributed by atoms with van der Waals surface area (Å²) in [6, 6.07) is 20.1. The van der Waals surface area contributed by atoms with E-state index < -0.39 is 0 Å². The van der Waals surface area contributed by atoms with Gasteiger partial charge in [-0.2, -0.15) is 4.98 Å². The molecule has 26 heavy (non-hydrogen) atoms. The molecular formula is C21H24N4O. The van der Waals surface area contributed by atoms with E-state index in [1.165, 1.54) is 5.56 Å². The van der Waals surface area contributed by atoms with E-state index in [1.54, 1.807) is 13.3 Å². The Morgan fingerprint density at radius 1 is 1.00 bits per heavy atom. The zero-order valence-corrected chi connectivity index (χ0v) is 15.2. The first-order valence-electron chi connectivity index (χ1n) is 8.83. The molecule has 0 saturated heterocycles. The van der Waals surface area contributed by atoms with Crippen molar-refractivity contribution >= 4 is 17.5 Å². The minimum Gasteiger partial charge on any atom is -0.496 e. The van der Waals surface area contributed by atoms with Crippen LogP contribution < -0.4 is 15.0 Å². The van der Waals surface area contributed by atoms with Crippen molar-refractivity contribution in [1.29, 1.82) is 0 Å². The maximum Gasteiger partial charge on any atom is 0.231 e. The van der Waals surface area contributed by atoms with Crippen molar-refractivity contribution in [2.45, 2.75) is 13.3 Å². The van der Waals surface area contributed by atoms with Gasteiger partial charge >= 0.3 is 0 Å². The first-order chi connectivity index (χ1) is 12.8. The van der Waals surface area contributed by atoms with Crippen LogP contribution in [0.4, 0.5) is 17.5 Å². The number of aromatic nitrogens is 2. The molecule has 0 fully saturated rings. The third-order valence-corrected chi connectivity index (χ3v) is 4.16. The molecule has 0 aliphatic heterocycles. The maximum absolute atomic E-state index is 5.40. The highest BCUT2D eigenvalue weighted by atomic mass is 16.5. The Morgan fingerprint density at radius 2 is 1.77 bits per heavy atom. The van der Waals surface area contributed by atoms with Gasteiger partial charge in [-0.05, 0) is 43.2 Å². The number of rotatable bonds is 8. The third-order valence-electron chi connectivity index (χ3n) is 4.16. The van der Waals surface area contributed by atoms with Crippen molar-refractivity contribution in [3.8, 4) is 5.75 Å². The van der Waals surface area contributed by atoms with Gasteiger partial charge < -0.3 is 15.0 Å². The molecular weight excluding hydrogens is 324 g/mol. The summed E-state index contributed by atoms with van der Waals surface area (Å²) in [5.41, 5.74) is 2.26. The van der Waals surface area contributed by atoms with Crippen LogP contribution in [0.25, 0.3) is 0 Å². The summed E-state index contributed by atoms with van der Waals surface area (Å²) in [5.74, 6) is 2.43. The summed E-state index contributed by atoms with van der Waals surface area (Å²) in [4.78, 5) is 11.2. The molecule has 1 aromatic heterocycles. The van der Waals surface area contributed by atoms with Crippen molar-refractivity contribution in [1.82, 2.24) is 9.97 Å². The van der Waals surface area contributed by atoms with E-state index in [4.69, 9.17) is 4.74 Å². The van der Waals surface area contributed by atoms with Crippen molar-refractivity contribution in [2.24, 2.45) is 0 Å². The molecule has 0 aliphatic carbocycles. The van der Waals surface area contributed by atoms with Crippen molar-refractivity contribution in [3.63, 3.8) is 0 Å². The second-order valence-electron chi connectivity index (χ2n) is 5.81. The first-order valence-corrected chi connectivity index (χ1v) is 8.83. The van der Waals surface area contributed by atoms with Gasteiger partial charge in [0.15, 0.2) is 0 Å². The second-order valence-corrected chi connectivity index (χ2v) is 5.81. The molecule has 2 aromatic carbocycles. The van der Waals surface area contributed by atoms with Crippen molar-refractivity contribution in [3.05, 3.63) is 72.4 Å². The summed E-state index contributed by atoms with van der Waals surface area (Å²) in [6.07, 6.45) is 2.65. The quantitative estimate of drug-likeness (QED) is 0.658. The molecule has 3 rings (SSSR count). The number of methoxy groups -OCH3 is 1. The van der Waals surface area contributed by atoms with Gasteiger partial charge in [-0.25, -0.2) is 4.98 Å². The molecule has 0 saturated carbocycles. The number of anilines is 3. The molecule has 1 heterocycles. The zero-order valence-electron chi connectivity index (χ0n) is 15.2. The number of ether oxygens (including phenoxy) is 1. The average Bonchev–Trinajstić information content (AvgIpc) is 2.70. The molecule has 0 radical (unpaired) electrons. The number of nitrogens with zero attached hydrogens (tertiary/aromatic N) is 3. The molecule has 5 nitrogen and oxygen atoms in total. The Kier molecular flexibility index (Phi) is 6.04. The van der Waals surface area contributed by atoms with E-state index in [0.717, 1.165) is 36.8 Å². The maximum atomic E-state index is 5.40. The Labute approximate surface area is 154 Å². The third kappa shape index (κ3) is 4.30. The van der Waals surface area contributed by atoms with Gasteiger partial charge in [0.25, 0.3) is 0 Å². The Morgan fingerprint density at radius 3 is 2.54 bits per heavy atom. The van der Waals surface area contributed by atoms with Crippen LogP contribution in [-0.2, 0) is 6.42 Å². The number of nitrogens with one attached hydrogen (secondary N) is 1. The first kappa shape index (κ1) is 17.7. The SMILES string of the molecule is CCN(c1ccccc1)c1nccc(NCCc2ccccc2OC)n1. The largest absolute Gasteiger partial charge is 0.496 e. The van der Waals surface area contributed by atoms with Crippen molar-refractivity contribution in [2.75, 3.05) is 30.4 Å². The lowest BCUT2D eigenvalue weighted by molar-refractivity contribution is 0.410. The fraction of sp³-hybridized carbons (Fsp3) is 0.238.